The minimum Gasteiger partial charge on any atom is -0.508 e. The fraction of sp³-hybridized carbons (Fsp3) is 0.721. The Morgan fingerprint density at radius 2 is 1.26 bits per heavy atom. The minimum absolute atomic E-state index is 0.0251. The van der Waals surface area contributed by atoms with Crippen LogP contribution in [0.2, 0.25) is 0 Å². The molecule has 11 heteroatoms. The largest absolute Gasteiger partial charge is 0.508 e. The van der Waals surface area contributed by atoms with E-state index in [4.69, 9.17) is 14.2 Å². The number of aliphatic hydroxyl groups is 2. The molecular formula is C43H71NO10. The van der Waals surface area contributed by atoms with Crippen molar-refractivity contribution in [3.05, 3.63) is 42.0 Å². The highest BCUT2D eigenvalue weighted by molar-refractivity contribution is 5.96. The van der Waals surface area contributed by atoms with Crippen molar-refractivity contribution in [2.45, 2.75) is 194 Å². The van der Waals surface area contributed by atoms with Crippen LogP contribution in [-0.4, -0.2) is 73.7 Å². The zero-order valence-electron chi connectivity index (χ0n) is 34.8. The number of unbranched alkanes of at least 4 members (excludes halogenated alkanes) is 8. The molecule has 0 aromatic heterocycles. The first-order valence-corrected chi connectivity index (χ1v) is 19.8. The maximum atomic E-state index is 14.3. The second-order valence-corrected chi connectivity index (χ2v) is 17.4. The van der Waals surface area contributed by atoms with Gasteiger partial charge in [-0.1, -0.05) is 82.6 Å². The molecule has 54 heavy (non-hydrogen) atoms. The molecule has 0 aliphatic heterocycles. The molecule has 0 radical (unpaired) electrons. The fourth-order valence-corrected chi connectivity index (χ4v) is 5.79. The first kappa shape index (κ1) is 48.6. The number of hydrogen-bond donors (Lipinski definition) is 4. The van der Waals surface area contributed by atoms with Gasteiger partial charge in [0, 0.05) is 6.42 Å². The smallest absolute Gasteiger partial charge is 0.340 e. The number of aliphatic hydroxyl groups excluding tert-OH is 1. The molecule has 1 rings (SSSR count). The van der Waals surface area contributed by atoms with Crippen LogP contribution in [0.25, 0.3) is 0 Å². The van der Waals surface area contributed by atoms with Crippen LogP contribution in [0.5, 0.6) is 5.75 Å². The lowest BCUT2D eigenvalue weighted by atomic mass is 9.82. The Morgan fingerprint density at radius 1 is 0.741 bits per heavy atom. The van der Waals surface area contributed by atoms with Crippen molar-refractivity contribution in [2.24, 2.45) is 5.92 Å². The van der Waals surface area contributed by atoms with Crippen LogP contribution >= 0.6 is 0 Å². The SMILES string of the molecule is CCCCCCCC(O)CCCCCC/C=C/[C@H](C(=O)N[C@@H](Cc1ccc(O)cc1)C(=O)OC(C)(C)C)[C@@](O)(CC(=O)OC(C)(C)C)C(=O)OC(C)(C)C. The van der Waals surface area contributed by atoms with Crippen LogP contribution in [-0.2, 0) is 39.8 Å². The number of phenolic OH excluding ortho intramolecular Hbond substituents is 1. The molecule has 0 saturated carbocycles. The average molecular weight is 762 g/mol. The van der Waals surface area contributed by atoms with Crippen molar-refractivity contribution in [2.75, 3.05) is 0 Å². The maximum Gasteiger partial charge on any atom is 0.340 e. The van der Waals surface area contributed by atoms with Crippen LogP contribution < -0.4 is 5.32 Å². The number of nitrogens with one attached hydrogen (secondary N) is 1. The van der Waals surface area contributed by atoms with Crippen molar-refractivity contribution in [1.29, 1.82) is 0 Å². The summed E-state index contributed by atoms with van der Waals surface area (Å²) >= 11 is 0. The summed E-state index contributed by atoms with van der Waals surface area (Å²) in [4.78, 5) is 54.8. The summed E-state index contributed by atoms with van der Waals surface area (Å²) < 4.78 is 16.7. The summed E-state index contributed by atoms with van der Waals surface area (Å²) in [5, 5.41) is 35.0. The summed E-state index contributed by atoms with van der Waals surface area (Å²) in [7, 11) is 0. The molecule has 1 unspecified atom stereocenters. The molecule has 0 heterocycles. The molecule has 1 aromatic rings. The predicted octanol–water partition coefficient (Wildman–Crippen LogP) is 7.80. The van der Waals surface area contributed by atoms with E-state index in [0.717, 1.165) is 51.4 Å². The van der Waals surface area contributed by atoms with Crippen LogP contribution in [0.3, 0.4) is 0 Å². The van der Waals surface area contributed by atoms with Crippen LogP contribution in [0.1, 0.15) is 158 Å². The van der Waals surface area contributed by atoms with Crippen molar-refractivity contribution in [1.82, 2.24) is 5.32 Å². The molecule has 11 nitrogen and oxygen atoms in total. The van der Waals surface area contributed by atoms with Gasteiger partial charge in [-0.05, 0) is 106 Å². The molecule has 0 aliphatic rings. The molecule has 0 bridgehead atoms. The Labute approximate surface area is 324 Å². The maximum absolute atomic E-state index is 14.3. The Hall–Kier alpha value is -3.44. The van der Waals surface area contributed by atoms with Gasteiger partial charge in [-0.15, -0.1) is 0 Å². The third-order valence-electron chi connectivity index (χ3n) is 8.39. The highest BCUT2D eigenvalue weighted by Gasteiger charge is 2.52. The van der Waals surface area contributed by atoms with Crippen LogP contribution in [0.15, 0.2) is 36.4 Å². The molecule has 1 aromatic carbocycles. The molecule has 0 spiro atoms. The lowest BCUT2D eigenvalue weighted by Crippen LogP contribution is -2.57. The van der Waals surface area contributed by atoms with E-state index in [9.17, 15) is 34.5 Å². The Balaban J connectivity index is 3.34. The van der Waals surface area contributed by atoms with E-state index in [2.05, 4.69) is 12.2 Å². The van der Waals surface area contributed by atoms with E-state index < -0.39 is 64.6 Å². The number of phenols is 1. The average Bonchev–Trinajstić information content (AvgIpc) is 3.01. The Morgan fingerprint density at radius 3 is 1.78 bits per heavy atom. The zero-order chi connectivity index (χ0) is 41.2. The van der Waals surface area contributed by atoms with Crippen molar-refractivity contribution >= 4 is 23.8 Å². The number of esters is 3. The third kappa shape index (κ3) is 20.9. The number of allylic oxidation sites excluding steroid dienone is 1. The highest BCUT2D eigenvalue weighted by atomic mass is 16.6. The quantitative estimate of drug-likeness (QED) is 0.0374. The molecule has 4 N–H and O–H groups in total. The third-order valence-corrected chi connectivity index (χ3v) is 8.39. The summed E-state index contributed by atoms with van der Waals surface area (Å²) in [6.45, 7) is 17.0. The van der Waals surface area contributed by atoms with Crippen LogP contribution in [0.4, 0.5) is 0 Å². The van der Waals surface area contributed by atoms with Crippen molar-refractivity contribution in [3.63, 3.8) is 0 Å². The summed E-state index contributed by atoms with van der Waals surface area (Å²) in [6.07, 6.45) is 13.2. The Bertz CT molecular complexity index is 1320. The molecule has 1 amide bonds. The highest BCUT2D eigenvalue weighted by Crippen LogP contribution is 2.30. The molecule has 0 saturated heterocycles. The minimum atomic E-state index is -2.71. The van der Waals surface area contributed by atoms with Crippen LogP contribution in [0, 0.1) is 5.92 Å². The van der Waals surface area contributed by atoms with Gasteiger partial charge in [0.15, 0.2) is 5.60 Å². The van der Waals surface area contributed by atoms with E-state index in [-0.39, 0.29) is 18.3 Å². The molecular weight excluding hydrogens is 690 g/mol. The van der Waals surface area contributed by atoms with Gasteiger partial charge in [0.2, 0.25) is 5.91 Å². The lowest BCUT2D eigenvalue weighted by Gasteiger charge is -2.35. The lowest BCUT2D eigenvalue weighted by molar-refractivity contribution is -0.190. The number of rotatable bonds is 23. The van der Waals surface area contributed by atoms with E-state index >= 15 is 0 Å². The van der Waals surface area contributed by atoms with E-state index in [1.165, 1.54) is 37.5 Å². The van der Waals surface area contributed by atoms with Gasteiger partial charge in [-0.25, -0.2) is 9.59 Å². The number of amides is 1. The summed E-state index contributed by atoms with van der Waals surface area (Å²) in [6, 6.07) is 4.85. The van der Waals surface area contributed by atoms with E-state index in [1.54, 1.807) is 80.5 Å². The molecule has 308 valence electrons. The van der Waals surface area contributed by atoms with Gasteiger partial charge in [-0.3, -0.25) is 9.59 Å². The Kier molecular flexibility index (Phi) is 20.5. The van der Waals surface area contributed by atoms with E-state index in [0.29, 0.717) is 12.0 Å². The number of aromatic hydroxyl groups is 1. The normalized spacial score (nSPS) is 15.2. The topological polar surface area (TPSA) is 169 Å². The fourth-order valence-electron chi connectivity index (χ4n) is 5.79. The number of benzene rings is 1. The van der Waals surface area contributed by atoms with Gasteiger partial charge in [0.25, 0.3) is 0 Å². The zero-order valence-corrected chi connectivity index (χ0v) is 34.8. The van der Waals surface area contributed by atoms with Gasteiger partial charge in [0.05, 0.1) is 18.4 Å². The first-order valence-electron chi connectivity index (χ1n) is 19.8. The van der Waals surface area contributed by atoms with Gasteiger partial charge in [-0.2, -0.15) is 0 Å². The number of ether oxygens (including phenoxy) is 3. The van der Waals surface area contributed by atoms with Gasteiger partial charge in [0.1, 0.15) is 28.6 Å². The van der Waals surface area contributed by atoms with Crippen molar-refractivity contribution in [3.8, 4) is 5.75 Å². The second-order valence-electron chi connectivity index (χ2n) is 17.4. The molecule has 4 atom stereocenters. The monoisotopic (exact) mass is 762 g/mol. The standard InChI is InChI=1S/C43H71NO10/c1-11-12-13-16-19-22-32(45)23-20-17-14-15-18-21-24-34(43(51,39(50)54-42(8,9)10)30-36(47)52-40(2,3)4)37(48)44-35(38(49)53-41(5,6)7)29-31-25-27-33(46)28-26-31/h21,24-28,32,34-35,45-46,51H,11-20,22-23,29-30H2,1-10H3,(H,44,48)/b24-21+/t32?,34-,35+,43+/m1/s1. The van der Waals surface area contributed by atoms with Gasteiger partial charge < -0.3 is 34.8 Å². The van der Waals surface area contributed by atoms with Crippen molar-refractivity contribution < 1.29 is 48.7 Å². The number of carbonyl (C=O) groups is 4. The van der Waals surface area contributed by atoms with Gasteiger partial charge >= 0.3 is 17.9 Å². The van der Waals surface area contributed by atoms with E-state index in [1.807, 2.05) is 0 Å². The summed E-state index contributed by atoms with van der Waals surface area (Å²) in [5.74, 6) is -5.41. The first-order chi connectivity index (χ1) is 25.0. The number of carbonyl (C=O) groups excluding carboxylic acids is 4. The second kappa shape index (κ2) is 22.8. The predicted molar refractivity (Wildman–Crippen MR) is 211 cm³/mol. The number of hydrogen-bond acceptors (Lipinski definition) is 10. The molecule has 0 aliphatic carbocycles. The summed E-state index contributed by atoms with van der Waals surface area (Å²) in [5.41, 5.74) is -5.03. The molecule has 0 fully saturated rings.